The number of nitrogens with zero attached hydrogens (tertiary/aromatic N) is 1. The molecule has 7 nitrogen and oxygen atoms in total. The van der Waals surface area contributed by atoms with Gasteiger partial charge in [-0.3, -0.25) is 14.9 Å². The molecule has 1 aliphatic rings. The number of carbonyl (C=O) groups is 3. The van der Waals surface area contributed by atoms with Crippen molar-refractivity contribution in [3.63, 3.8) is 0 Å². The zero-order chi connectivity index (χ0) is 15.7. The number of rotatable bonds is 2. The number of esters is 2. The zero-order valence-electron chi connectivity index (χ0n) is 12.8. The molecule has 1 aliphatic heterocycles. The van der Waals surface area contributed by atoms with E-state index in [1.54, 1.807) is 20.8 Å². The summed E-state index contributed by atoms with van der Waals surface area (Å²) in [6.07, 6.45) is -1.09. The Morgan fingerprint density at radius 2 is 1.95 bits per heavy atom. The third kappa shape index (κ3) is 3.47. The van der Waals surface area contributed by atoms with Gasteiger partial charge in [0.05, 0.1) is 13.5 Å². The molecule has 0 saturated carbocycles. The van der Waals surface area contributed by atoms with Crippen LogP contribution in [0.2, 0.25) is 0 Å². The summed E-state index contributed by atoms with van der Waals surface area (Å²) >= 11 is 0. The number of likely N-dealkylation sites (N-methyl/N-ethyl adjacent to an activating group) is 1. The molecule has 0 aliphatic carbocycles. The Balaban J connectivity index is 2.97. The highest BCUT2D eigenvalue weighted by Gasteiger charge is 2.48. The number of nitrogens with one attached hydrogen (secondary N) is 1. The first kappa shape index (κ1) is 16.4. The molecule has 1 amide bonds. The van der Waals surface area contributed by atoms with E-state index in [0.29, 0.717) is 0 Å². The Kier molecular flexibility index (Phi) is 4.43. The predicted octanol–water partition coefficient (Wildman–Crippen LogP) is 0.0376. The van der Waals surface area contributed by atoms with E-state index in [9.17, 15) is 14.4 Å². The van der Waals surface area contributed by atoms with E-state index in [0.717, 1.165) is 0 Å². The van der Waals surface area contributed by atoms with Gasteiger partial charge in [0.25, 0.3) is 0 Å². The summed E-state index contributed by atoms with van der Waals surface area (Å²) in [6.45, 7) is 6.72. The van der Waals surface area contributed by atoms with E-state index >= 15 is 0 Å². The number of methoxy groups -OCH3 is 1. The lowest BCUT2D eigenvalue weighted by Gasteiger charge is -2.41. The van der Waals surface area contributed by atoms with Gasteiger partial charge in [-0.25, -0.2) is 4.79 Å². The topological polar surface area (TPSA) is 84.9 Å². The minimum atomic E-state index is -1.24. The fourth-order valence-electron chi connectivity index (χ4n) is 1.95. The van der Waals surface area contributed by atoms with Crippen molar-refractivity contribution in [3.8, 4) is 0 Å². The minimum absolute atomic E-state index is 0.0739. The maximum atomic E-state index is 12.1. The molecule has 114 valence electrons. The van der Waals surface area contributed by atoms with Crippen LogP contribution in [0, 0.1) is 0 Å². The van der Waals surface area contributed by atoms with Crippen molar-refractivity contribution in [2.75, 3.05) is 14.2 Å². The standard InChI is InChI=1S/C13H22N2O5/c1-12(2,3)20-10(17)9-14-13(4,11(18)19-6)7-8(16)15(9)5/h9,14H,7H2,1-6H3. The van der Waals surface area contributed by atoms with E-state index in [2.05, 4.69) is 10.1 Å². The van der Waals surface area contributed by atoms with E-state index in [-0.39, 0.29) is 12.3 Å². The first-order valence-corrected chi connectivity index (χ1v) is 6.35. The molecule has 0 aromatic heterocycles. The van der Waals surface area contributed by atoms with Gasteiger partial charge in [0.1, 0.15) is 11.1 Å². The molecule has 1 saturated heterocycles. The van der Waals surface area contributed by atoms with Crippen molar-refractivity contribution in [1.82, 2.24) is 10.2 Å². The summed E-state index contributed by atoms with van der Waals surface area (Å²) in [4.78, 5) is 37.1. The molecule has 1 heterocycles. The molecule has 20 heavy (non-hydrogen) atoms. The molecular formula is C13H22N2O5. The Hall–Kier alpha value is -1.63. The minimum Gasteiger partial charge on any atom is -0.468 e. The van der Waals surface area contributed by atoms with Gasteiger partial charge in [0.15, 0.2) is 6.17 Å². The molecular weight excluding hydrogens is 264 g/mol. The Morgan fingerprint density at radius 3 is 2.40 bits per heavy atom. The Morgan fingerprint density at radius 1 is 1.40 bits per heavy atom. The number of hydrogen-bond acceptors (Lipinski definition) is 6. The second kappa shape index (κ2) is 5.40. The van der Waals surface area contributed by atoms with Crippen molar-refractivity contribution in [2.24, 2.45) is 0 Å². The maximum absolute atomic E-state index is 12.1. The van der Waals surface area contributed by atoms with Gasteiger partial charge in [-0.15, -0.1) is 0 Å². The summed E-state index contributed by atoms with van der Waals surface area (Å²) < 4.78 is 9.94. The fourth-order valence-corrected chi connectivity index (χ4v) is 1.95. The van der Waals surface area contributed by atoms with Crippen LogP contribution < -0.4 is 5.32 Å². The van der Waals surface area contributed by atoms with Gasteiger partial charge < -0.3 is 14.4 Å². The SMILES string of the molecule is COC(=O)C1(C)CC(=O)N(C)C(C(=O)OC(C)(C)C)N1. The van der Waals surface area contributed by atoms with Crippen LogP contribution >= 0.6 is 0 Å². The normalized spacial score (nSPS) is 27.2. The van der Waals surface area contributed by atoms with Crippen LogP contribution in [0.1, 0.15) is 34.1 Å². The van der Waals surface area contributed by atoms with E-state index < -0.39 is 29.2 Å². The molecule has 7 heteroatoms. The highest BCUT2D eigenvalue weighted by molar-refractivity contribution is 5.93. The quantitative estimate of drug-likeness (QED) is 0.721. The van der Waals surface area contributed by atoms with Crippen LogP contribution in [0.5, 0.6) is 0 Å². The van der Waals surface area contributed by atoms with E-state index in [1.165, 1.54) is 26.0 Å². The molecule has 0 bridgehead atoms. The summed E-state index contributed by atoms with van der Waals surface area (Å²) in [6, 6.07) is 0. The smallest absolute Gasteiger partial charge is 0.344 e. The largest absolute Gasteiger partial charge is 0.468 e. The third-order valence-electron chi connectivity index (χ3n) is 3.01. The first-order valence-electron chi connectivity index (χ1n) is 6.35. The summed E-state index contributed by atoms with van der Waals surface area (Å²) in [7, 11) is 2.72. The van der Waals surface area contributed by atoms with Crippen LogP contribution in [0.3, 0.4) is 0 Å². The average Bonchev–Trinajstić information content (AvgIpc) is 2.30. The first-order chi connectivity index (χ1) is 9.00. The maximum Gasteiger partial charge on any atom is 0.344 e. The summed E-state index contributed by atoms with van der Waals surface area (Å²) in [5.41, 5.74) is -1.92. The van der Waals surface area contributed by atoms with Gasteiger partial charge in [-0.05, 0) is 27.7 Å². The van der Waals surface area contributed by atoms with E-state index in [4.69, 9.17) is 4.74 Å². The van der Waals surface area contributed by atoms with Gasteiger partial charge in [0, 0.05) is 7.05 Å². The molecule has 2 atom stereocenters. The van der Waals surface area contributed by atoms with Crippen LogP contribution in [0.4, 0.5) is 0 Å². The highest BCUT2D eigenvalue weighted by Crippen LogP contribution is 2.22. The van der Waals surface area contributed by atoms with Crippen molar-refractivity contribution in [3.05, 3.63) is 0 Å². The molecule has 1 N–H and O–H groups in total. The molecule has 0 aromatic carbocycles. The lowest BCUT2D eigenvalue weighted by atomic mass is 9.93. The number of amides is 1. The van der Waals surface area contributed by atoms with Crippen molar-refractivity contribution in [2.45, 2.75) is 51.4 Å². The average molecular weight is 286 g/mol. The van der Waals surface area contributed by atoms with Gasteiger partial charge in [-0.1, -0.05) is 0 Å². The van der Waals surface area contributed by atoms with Crippen molar-refractivity contribution in [1.29, 1.82) is 0 Å². The highest BCUT2D eigenvalue weighted by atomic mass is 16.6. The molecule has 2 unspecified atom stereocenters. The molecule has 1 fully saturated rings. The van der Waals surface area contributed by atoms with Crippen LogP contribution in [0.15, 0.2) is 0 Å². The number of carbonyl (C=O) groups excluding carboxylic acids is 3. The third-order valence-corrected chi connectivity index (χ3v) is 3.01. The predicted molar refractivity (Wildman–Crippen MR) is 70.6 cm³/mol. The van der Waals surface area contributed by atoms with Crippen LogP contribution in [-0.2, 0) is 23.9 Å². The van der Waals surface area contributed by atoms with Gasteiger partial charge in [0.2, 0.25) is 5.91 Å². The number of hydrogen-bond donors (Lipinski definition) is 1. The molecule has 0 radical (unpaired) electrons. The monoisotopic (exact) mass is 286 g/mol. The lowest BCUT2D eigenvalue weighted by Crippen LogP contribution is -2.68. The Bertz CT molecular complexity index is 429. The molecule has 0 spiro atoms. The second-order valence-electron chi connectivity index (χ2n) is 6.09. The van der Waals surface area contributed by atoms with Crippen LogP contribution in [-0.4, -0.2) is 54.2 Å². The molecule has 1 rings (SSSR count). The second-order valence-corrected chi connectivity index (χ2v) is 6.09. The summed E-state index contributed by atoms with van der Waals surface area (Å²) in [5, 5.41) is 2.84. The van der Waals surface area contributed by atoms with Crippen LogP contribution in [0.25, 0.3) is 0 Å². The van der Waals surface area contributed by atoms with E-state index in [1.807, 2.05) is 0 Å². The summed E-state index contributed by atoms with van der Waals surface area (Å²) in [5.74, 6) is -1.52. The van der Waals surface area contributed by atoms with Crippen molar-refractivity contribution < 1.29 is 23.9 Å². The van der Waals surface area contributed by atoms with Gasteiger partial charge in [-0.2, -0.15) is 0 Å². The fraction of sp³-hybridized carbons (Fsp3) is 0.769. The zero-order valence-corrected chi connectivity index (χ0v) is 12.8. The molecule has 0 aromatic rings. The Labute approximate surface area is 118 Å². The van der Waals surface area contributed by atoms with Crippen molar-refractivity contribution >= 4 is 17.8 Å². The lowest BCUT2D eigenvalue weighted by molar-refractivity contribution is -0.173. The van der Waals surface area contributed by atoms with Gasteiger partial charge >= 0.3 is 11.9 Å². The number of ether oxygens (including phenoxy) is 2.